The number of carbonyl (C=O) groups excluding carboxylic acids is 1. The Kier molecular flexibility index (Phi) is 3.41. The van der Waals surface area contributed by atoms with E-state index in [-0.39, 0.29) is 5.91 Å². The summed E-state index contributed by atoms with van der Waals surface area (Å²) in [4.78, 5) is 16.7. The van der Waals surface area contributed by atoms with Gasteiger partial charge in [0.1, 0.15) is 5.75 Å². The number of nitrogens with zero attached hydrogens (tertiary/aromatic N) is 1. The van der Waals surface area contributed by atoms with Gasteiger partial charge in [0.05, 0.1) is 11.5 Å². The number of amides is 1. The average Bonchev–Trinajstić information content (AvgIpc) is 3.26. The lowest BCUT2D eigenvalue weighted by Crippen LogP contribution is -2.27. The van der Waals surface area contributed by atoms with Crippen LogP contribution in [0.1, 0.15) is 33.6 Å². The van der Waals surface area contributed by atoms with Crippen molar-refractivity contribution in [3.05, 3.63) is 40.3 Å². The van der Waals surface area contributed by atoms with Crippen molar-refractivity contribution in [2.45, 2.75) is 26.2 Å². The molecular weight excluding hydrogens is 294 g/mol. The zero-order valence-corrected chi connectivity index (χ0v) is 13.5. The van der Waals surface area contributed by atoms with Gasteiger partial charge in [0.15, 0.2) is 0 Å². The molecule has 1 aromatic carbocycles. The summed E-state index contributed by atoms with van der Waals surface area (Å²) in [5.74, 6) is 1.21. The van der Waals surface area contributed by atoms with Gasteiger partial charge in [0.2, 0.25) is 0 Å². The number of rotatable bonds is 2. The SMILES string of the molecule is Cc1cc(-c2ccc3c(c2)CCO3)sc1C(=O)N1CCCC1. The van der Waals surface area contributed by atoms with Gasteiger partial charge in [-0.25, -0.2) is 0 Å². The molecule has 3 heterocycles. The molecular formula is C18H19NO2S. The van der Waals surface area contributed by atoms with Gasteiger partial charge in [-0.2, -0.15) is 0 Å². The monoisotopic (exact) mass is 313 g/mol. The molecule has 0 unspecified atom stereocenters. The molecule has 0 N–H and O–H groups in total. The van der Waals surface area contributed by atoms with Crippen LogP contribution in [0, 0.1) is 6.92 Å². The quantitative estimate of drug-likeness (QED) is 0.841. The van der Waals surface area contributed by atoms with Crippen molar-refractivity contribution in [2.75, 3.05) is 19.7 Å². The second-order valence-electron chi connectivity index (χ2n) is 6.04. The van der Waals surface area contributed by atoms with Crippen LogP contribution in [0.5, 0.6) is 5.75 Å². The van der Waals surface area contributed by atoms with Crippen LogP contribution < -0.4 is 4.74 Å². The summed E-state index contributed by atoms with van der Waals surface area (Å²) in [6.45, 7) is 4.63. The fourth-order valence-electron chi connectivity index (χ4n) is 3.24. The summed E-state index contributed by atoms with van der Waals surface area (Å²) in [7, 11) is 0. The minimum absolute atomic E-state index is 0.204. The van der Waals surface area contributed by atoms with Gasteiger partial charge in [-0.05, 0) is 60.7 Å². The molecule has 2 aliphatic heterocycles. The number of hydrogen-bond acceptors (Lipinski definition) is 3. The van der Waals surface area contributed by atoms with Crippen LogP contribution in [0.25, 0.3) is 10.4 Å². The number of aryl methyl sites for hydroxylation is 1. The highest BCUT2D eigenvalue weighted by Gasteiger charge is 2.23. The van der Waals surface area contributed by atoms with E-state index in [0.29, 0.717) is 0 Å². The van der Waals surface area contributed by atoms with Gasteiger partial charge in [-0.15, -0.1) is 11.3 Å². The Bertz CT molecular complexity index is 729. The average molecular weight is 313 g/mol. The second kappa shape index (κ2) is 5.43. The van der Waals surface area contributed by atoms with Crippen LogP contribution in [0.15, 0.2) is 24.3 Å². The Labute approximate surface area is 134 Å². The van der Waals surface area contributed by atoms with Crippen molar-refractivity contribution in [3.63, 3.8) is 0 Å². The van der Waals surface area contributed by atoms with Crippen LogP contribution in [-0.2, 0) is 6.42 Å². The van der Waals surface area contributed by atoms with Gasteiger partial charge in [0, 0.05) is 24.4 Å². The van der Waals surface area contributed by atoms with Crippen LogP contribution in [0.3, 0.4) is 0 Å². The third-order valence-electron chi connectivity index (χ3n) is 4.48. The van der Waals surface area contributed by atoms with Crippen molar-refractivity contribution in [1.29, 1.82) is 0 Å². The molecule has 0 radical (unpaired) electrons. The molecule has 2 aromatic rings. The van der Waals surface area contributed by atoms with E-state index < -0.39 is 0 Å². The summed E-state index contributed by atoms with van der Waals surface area (Å²) >= 11 is 1.62. The van der Waals surface area contributed by atoms with Crippen LogP contribution in [-0.4, -0.2) is 30.5 Å². The lowest BCUT2D eigenvalue weighted by molar-refractivity contribution is 0.0797. The summed E-state index contributed by atoms with van der Waals surface area (Å²) in [6.07, 6.45) is 3.24. The number of carbonyl (C=O) groups is 1. The minimum atomic E-state index is 0.204. The zero-order chi connectivity index (χ0) is 15.1. The number of fused-ring (bicyclic) bond motifs is 1. The number of benzene rings is 1. The summed E-state index contributed by atoms with van der Waals surface area (Å²) < 4.78 is 5.57. The molecule has 1 amide bonds. The van der Waals surface area contributed by atoms with Crippen LogP contribution in [0.2, 0.25) is 0 Å². The van der Waals surface area contributed by atoms with Crippen molar-refractivity contribution in [3.8, 4) is 16.2 Å². The van der Waals surface area contributed by atoms with Crippen molar-refractivity contribution in [1.82, 2.24) is 4.90 Å². The molecule has 0 bridgehead atoms. The number of thiophene rings is 1. The van der Waals surface area contributed by atoms with Gasteiger partial charge in [0.25, 0.3) is 5.91 Å². The molecule has 1 aromatic heterocycles. The Morgan fingerprint density at radius 2 is 2.05 bits per heavy atom. The maximum Gasteiger partial charge on any atom is 0.264 e. The van der Waals surface area contributed by atoms with Gasteiger partial charge in [-0.1, -0.05) is 0 Å². The largest absolute Gasteiger partial charge is 0.493 e. The molecule has 0 spiro atoms. The maximum absolute atomic E-state index is 12.6. The zero-order valence-electron chi connectivity index (χ0n) is 12.7. The highest BCUT2D eigenvalue weighted by molar-refractivity contribution is 7.17. The van der Waals surface area contributed by atoms with Gasteiger partial charge >= 0.3 is 0 Å². The Balaban J connectivity index is 1.66. The molecule has 4 heteroatoms. The number of hydrogen-bond donors (Lipinski definition) is 0. The highest BCUT2D eigenvalue weighted by atomic mass is 32.1. The first-order valence-electron chi connectivity index (χ1n) is 7.88. The summed E-state index contributed by atoms with van der Waals surface area (Å²) in [5.41, 5.74) is 3.56. The first-order valence-corrected chi connectivity index (χ1v) is 8.70. The van der Waals surface area contributed by atoms with E-state index in [1.807, 2.05) is 11.8 Å². The van der Waals surface area contributed by atoms with E-state index in [9.17, 15) is 4.79 Å². The molecule has 0 atom stereocenters. The van der Waals surface area contributed by atoms with E-state index in [0.717, 1.165) is 55.1 Å². The smallest absolute Gasteiger partial charge is 0.264 e. The molecule has 2 aliphatic rings. The van der Waals surface area contributed by atoms with Crippen molar-refractivity contribution in [2.24, 2.45) is 0 Å². The topological polar surface area (TPSA) is 29.5 Å². The third-order valence-corrected chi connectivity index (χ3v) is 5.75. The predicted molar refractivity (Wildman–Crippen MR) is 88.8 cm³/mol. The third kappa shape index (κ3) is 2.31. The molecule has 114 valence electrons. The molecule has 22 heavy (non-hydrogen) atoms. The second-order valence-corrected chi connectivity index (χ2v) is 7.10. The lowest BCUT2D eigenvalue weighted by atomic mass is 10.1. The summed E-state index contributed by atoms with van der Waals surface area (Å²) in [6, 6.07) is 8.50. The fraction of sp³-hybridized carbons (Fsp3) is 0.389. The first kappa shape index (κ1) is 13.8. The van der Waals surface area contributed by atoms with Gasteiger partial charge < -0.3 is 9.64 Å². The first-order chi connectivity index (χ1) is 10.7. The normalized spacial score (nSPS) is 16.7. The van der Waals surface area contributed by atoms with E-state index >= 15 is 0 Å². The van der Waals surface area contributed by atoms with E-state index in [2.05, 4.69) is 24.3 Å². The number of likely N-dealkylation sites (tertiary alicyclic amines) is 1. The van der Waals surface area contributed by atoms with Crippen LogP contribution in [0.4, 0.5) is 0 Å². The summed E-state index contributed by atoms with van der Waals surface area (Å²) in [5, 5.41) is 0. The molecule has 0 aliphatic carbocycles. The Hall–Kier alpha value is -1.81. The standard InChI is InChI=1S/C18H19NO2S/c1-12-10-16(14-4-5-15-13(11-14)6-9-21-15)22-17(12)18(20)19-7-2-3-8-19/h4-5,10-11H,2-3,6-9H2,1H3. The van der Waals surface area contributed by atoms with Crippen molar-refractivity contribution >= 4 is 17.2 Å². The molecule has 4 rings (SSSR count). The molecule has 0 saturated carbocycles. The van der Waals surface area contributed by atoms with E-state index in [4.69, 9.17) is 4.74 Å². The Morgan fingerprint density at radius 1 is 1.23 bits per heavy atom. The van der Waals surface area contributed by atoms with E-state index in [1.165, 1.54) is 16.0 Å². The van der Waals surface area contributed by atoms with E-state index in [1.54, 1.807) is 11.3 Å². The molecule has 3 nitrogen and oxygen atoms in total. The highest BCUT2D eigenvalue weighted by Crippen LogP contribution is 2.36. The van der Waals surface area contributed by atoms with Gasteiger partial charge in [-0.3, -0.25) is 4.79 Å². The minimum Gasteiger partial charge on any atom is -0.493 e. The molecule has 1 fully saturated rings. The lowest BCUT2D eigenvalue weighted by Gasteiger charge is -2.14. The Morgan fingerprint density at radius 3 is 2.86 bits per heavy atom. The predicted octanol–water partition coefficient (Wildman–Crippen LogP) is 3.89. The fourth-order valence-corrected chi connectivity index (χ4v) is 4.38. The maximum atomic E-state index is 12.6. The van der Waals surface area contributed by atoms with Crippen LogP contribution >= 0.6 is 11.3 Å². The number of ether oxygens (including phenoxy) is 1. The molecule has 1 saturated heterocycles. The van der Waals surface area contributed by atoms with Crippen molar-refractivity contribution < 1.29 is 9.53 Å².